The van der Waals surface area contributed by atoms with Gasteiger partial charge in [-0.3, -0.25) is 9.69 Å². The Labute approximate surface area is 170 Å². The van der Waals surface area contributed by atoms with E-state index in [-0.39, 0.29) is 30.7 Å². The van der Waals surface area contributed by atoms with Crippen molar-refractivity contribution in [3.63, 3.8) is 0 Å². The number of hydrogen-bond donors (Lipinski definition) is 3. The molecule has 1 aromatic heterocycles. The van der Waals surface area contributed by atoms with Crippen LogP contribution < -0.4 is 5.32 Å². The van der Waals surface area contributed by atoms with E-state index < -0.39 is 5.97 Å². The van der Waals surface area contributed by atoms with Crippen molar-refractivity contribution in [1.82, 2.24) is 25.1 Å². The maximum atomic E-state index is 13.0. The number of aromatic nitrogens is 2. The number of hydrogen-bond acceptors (Lipinski definition) is 4. The Kier molecular flexibility index (Phi) is 5.71. The van der Waals surface area contributed by atoms with E-state index in [1.807, 2.05) is 41.0 Å². The lowest BCUT2D eigenvalue weighted by Crippen LogP contribution is -2.57. The highest BCUT2D eigenvalue weighted by molar-refractivity contribution is 5.77. The summed E-state index contributed by atoms with van der Waals surface area (Å²) in [5, 5.41) is 12.2. The number of amides is 2. The van der Waals surface area contributed by atoms with Gasteiger partial charge in [-0.2, -0.15) is 0 Å². The molecule has 1 aromatic carbocycles. The van der Waals surface area contributed by atoms with E-state index in [1.165, 1.54) is 0 Å². The number of carboxylic acids is 1. The van der Waals surface area contributed by atoms with Crippen molar-refractivity contribution in [3.05, 3.63) is 30.1 Å². The third kappa shape index (κ3) is 4.22. The molecule has 1 saturated heterocycles. The van der Waals surface area contributed by atoms with Crippen molar-refractivity contribution in [3.8, 4) is 0 Å². The van der Waals surface area contributed by atoms with Crippen molar-refractivity contribution in [1.29, 1.82) is 0 Å². The Morgan fingerprint density at radius 3 is 2.83 bits per heavy atom. The van der Waals surface area contributed by atoms with E-state index in [4.69, 9.17) is 10.1 Å². The quantitative estimate of drug-likeness (QED) is 0.693. The number of H-pyrrole nitrogens is 1. The molecular weight excluding hydrogens is 370 g/mol. The summed E-state index contributed by atoms with van der Waals surface area (Å²) in [5.41, 5.74) is 1.92. The molecule has 0 bridgehead atoms. The van der Waals surface area contributed by atoms with Crippen LogP contribution in [-0.4, -0.2) is 68.6 Å². The van der Waals surface area contributed by atoms with Crippen LogP contribution in [0.25, 0.3) is 11.0 Å². The summed E-state index contributed by atoms with van der Waals surface area (Å²) in [6, 6.07) is 8.19. The molecule has 2 amide bonds. The predicted molar refractivity (Wildman–Crippen MR) is 110 cm³/mol. The van der Waals surface area contributed by atoms with E-state index in [0.717, 1.165) is 55.5 Å². The Balaban J connectivity index is 1.38. The van der Waals surface area contributed by atoms with Gasteiger partial charge in [0.2, 0.25) is 0 Å². The molecule has 1 unspecified atom stereocenters. The number of benzene rings is 1. The number of piperidine rings is 1. The van der Waals surface area contributed by atoms with Crippen LogP contribution in [-0.2, 0) is 4.79 Å². The van der Waals surface area contributed by atoms with Gasteiger partial charge in [0.05, 0.1) is 23.6 Å². The van der Waals surface area contributed by atoms with Gasteiger partial charge in [-0.1, -0.05) is 19.1 Å². The fourth-order valence-electron chi connectivity index (χ4n) is 4.52. The number of nitrogens with one attached hydrogen (secondary N) is 2. The molecule has 3 N–H and O–H groups in total. The number of likely N-dealkylation sites (tertiary alicyclic amines) is 1. The average Bonchev–Trinajstić information content (AvgIpc) is 3.12. The number of carboxylic acid groups (broad SMARTS) is 1. The predicted octanol–water partition coefficient (Wildman–Crippen LogP) is 2.74. The highest BCUT2D eigenvalue weighted by Gasteiger charge is 2.37. The minimum absolute atomic E-state index is 0.0359. The van der Waals surface area contributed by atoms with Gasteiger partial charge in [0, 0.05) is 18.6 Å². The number of urea groups is 1. The third-order valence-electron chi connectivity index (χ3n) is 6.19. The molecule has 2 heterocycles. The number of aromatic amines is 1. The SMILES string of the molecule is CCN(CC(=O)O)C1CC(NC(=O)N2CCCCC2c2nc3ccccc3[nH]2)C1. The topological polar surface area (TPSA) is 102 Å². The Morgan fingerprint density at radius 2 is 2.10 bits per heavy atom. The van der Waals surface area contributed by atoms with Crippen molar-refractivity contribution in [2.45, 2.75) is 57.2 Å². The van der Waals surface area contributed by atoms with Gasteiger partial charge in [0.15, 0.2) is 0 Å². The summed E-state index contributed by atoms with van der Waals surface area (Å²) in [5.74, 6) is 0.0486. The summed E-state index contributed by atoms with van der Waals surface area (Å²) in [6.45, 7) is 3.46. The molecule has 2 aliphatic rings. The van der Waals surface area contributed by atoms with Crippen LogP contribution >= 0.6 is 0 Å². The molecule has 0 spiro atoms. The van der Waals surface area contributed by atoms with Gasteiger partial charge in [-0.15, -0.1) is 0 Å². The average molecular weight is 399 g/mol. The first-order valence-corrected chi connectivity index (χ1v) is 10.5. The molecule has 2 aromatic rings. The maximum absolute atomic E-state index is 13.0. The van der Waals surface area contributed by atoms with E-state index >= 15 is 0 Å². The number of likely N-dealkylation sites (N-methyl/N-ethyl adjacent to an activating group) is 1. The second kappa shape index (κ2) is 8.41. The first-order chi connectivity index (χ1) is 14.0. The molecule has 1 aliphatic heterocycles. The molecule has 1 aliphatic carbocycles. The van der Waals surface area contributed by atoms with E-state index in [0.29, 0.717) is 6.54 Å². The van der Waals surface area contributed by atoms with Crippen molar-refractivity contribution in [2.75, 3.05) is 19.6 Å². The summed E-state index contributed by atoms with van der Waals surface area (Å²) < 4.78 is 0. The van der Waals surface area contributed by atoms with Crippen LogP contribution in [0.4, 0.5) is 4.79 Å². The molecule has 29 heavy (non-hydrogen) atoms. The normalized spacial score (nSPS) is 24.5. The third-order valence-corrected chi connectivity index (χ3v) is 6.19. The number of imidazole rings is 1. The monoisotopic (exact) mass is 399 g/mol. The van der Waals surface area contributed by atoms with Crippen LogP contribution in [0.15, 0.2) is 24.3 Å². The van der Waals surface area contributed by atoms with E-state index in [2.05, 4.69) is 10.3 Å². The molecule has 0 radical (unpaired) electrons. The van der Waals surface area contributed by atoms with Crippen molar-refractivity contribution < 1.29 is 14.7 Å². The van der Waals surface area contributed by atoms with Crippen LogP contribution in [0.2, 0.25) is 0 Å². The zero-order chi connectivity index (χ0) is 20.4. The Bertz CT molecular complexity index is 843. The Morgan fingerprint density at radius 1 is 1.31 bits per heavy atom. The van der Waals surface area contributed by atoms with Crippen LogP contribution in [0.5, 0.6) is 0 Å². The van der Waals surface area contributed by atoms with Crippen molar-refractivity contribution >= 4 is 23.0 Å². The number of carbonyl (C=O) groups excluding carboxylic acids is 1. The smallest absolute Gasteiger partial charge is 0.318 e. The van der Waals surface area contributed by atoms with Crippen molar-refractivity contribution in [2.24, 2.45) is 0 Å². The molecule has 2 fully saturated rings. The number of aliphatic carboxylic acids is 1. The minimum atomic E-state index is -0.804. The fraction of sp³-hybridized carbons (Fsp3) is 0.571. The van der Waals surface area contributed by atoms with Gasteiger partial charge in [0.25, 0.3) is 0 Å². The number of fused-ring (bicyclic) bond motifs is 1. The van der Waals surface area contributed by atoms with Gasteiger partial charge in [0.1, 0.15) is 5.82 Å². The minimum Gasteiger partial charge on any atom is -0.480 e. The standard InChI is InChI=1S/C21H29N5O3/c1-2-25(13-19(27)28)15-11-14(12-15)22-21(29)26-10-6-5-9-18(26)20-23-16-7-3-4-8-17(16)24-20/h3-4,7-8,14-15,18H,2,5-6,9-13H2,1H3,(H,22,29)(H,23,24)(H,27,28). The number of rotatable bonds is 6. The zero-order valence-electron chi connectivity index (χ0n) is 16.8. The summed E-state index contributed by atoms with van der Waals surface area (Å²) in [7, 11) is 0. The second-order valence-corrected chi connectivity index (χ2v) is 8.07. The van der Waals surface area contributed by atoms with Crippen LogP contribution in [0.1, 0.15) is 50.9 Å². The maximum Gasteiger partial charge on any atom is 0.318 e. The molecule has 156 valence electrons. The first-order valence-electron chi connectivity index (χ1n) is 10.5. The molecule has 8 nitrogen and oxygen atoms in total. The van der Waals surface area contributed by atoms with Gasteiger partial charge >= 0.3 is 12.0 Å². The lowest BCUT2D eigenvalue weighted by Gasteiger charge is -2.43. The highest BCUT2D eigenvalue weighted by atomic mass is 16.4. The fourth-order valence-corrected chi connectivity index (χ4v) is 4.52. The summed E-state index contributed by atoms with van der Waals surface area (Å²) in [6.07, 6.45) is 4.59. The zero-order valence-corrected chi connectivity index (χ0v) is 16.8. The molecule has 1 atom stereocenters. The van der Waals surface area contributed by atoms with Crippen LogP contribution in [0, 0.1) is 0 Å². The van der Waals surface area contributed by atoms with E-state index in [1.54, 1.807) is 0 Å². The Hall–Kier alpha value is -2.61. The largest absolute Gasteiger partial charge is 0.480 e. The van der Waals surface area contributed by atoms with E-state index in [9.17, 15) is 9.59 Å². The van der Waals surface area contributed by atoms with Gasteiger partial charge in [-0.25, -0.2) is 9.78 Å². The molecule has 8 heteroatoms. The first kappa shape index (κ1) is 19.7. The number of nitrogens with zero attached hydrogens (tertiary/aromatic N) is 3. The number of carbonyl (C=O) groups is 2. The lowest BCUT2D eigenvalue weighted by atomic mass is 9.85. The van der Waals surface area contributed by atoms with Gasteiger partial charge in [-0.05, 0) is 50.8 Å². The highest BCUT2D eigenvalue weighted by Crippen LogP contribution is 2.32. The lowest BCUT2D eigenvalue weighted by molar-refractivity contribution is -0.139. The summed E-state index contributed by atoms with van der Waals surface area (Å²) >= 11 is 0. The molecular formula is C21H29N5O3. The van der Waals surface area contributed by atoms with Crippen LogP contribution in [0.3, 0.4) is 0 Å². The van der Waals surface area contributed by atoms with Gasteiger partial charge < -0.3 is 20.3 Å². The molecule has 1 saturated carbocycles. The number of para-hydroxylation sites is 2. The summed E-state index contributed by atoms with van der Waals surface area (Å²) in [4.78, 5) is 35.9. The second-order valence-electron chi connectivity index (χ2n) is 8.07. The molecule has 4 rings (SSSR count).